The van der Waals surface area contributed by atoms with Gasteiger partial charge < -0.3 is 15.1 Å². The fraction of sp³-hybridized carbons (Fsp3) is 0.320. The van der Waals surface area contributed by atoms with Crippen LogP contribution in [-0.4, -0.2) is 51.2 Å². The van der Waals surface area contributed by atoms with Gasteiger partial charge in [-0.25, -0.2) is 0 Å². The van der Waals surface area contributed by atoms with Crippen molar-refractivity contribution in [3.63, 3.8) is 0 Å². The van der Waals surface area contributed by atoms with Crippen LogP contribution in [0.2, 0.25) is 0 Å². The number of aryl methyl sites for hydroxylation is 1. The zero-order chi connectivity index (χ0) is 21.8. The van der Waals surface area contributed by atoms with E-state index in [0.717, 1.165) is 17.4 Å². The van der Waals surface area contributed by atoms with Crippen molar-refractivity contribution in [1.82, 2.24) is 9.88 Å². The van der Waals surface area contributed by atoms with Gasteiger partial charge >= 0.3 is 5.97 Å². The Morgan fingerprint density at radius 3 is 2.61 bits per heavy atom. The minimum atomic E-state index is -1.37. The molecule has 0 unspecified atom stereocenters. The zero-order valence-corrected chi connectivity index (χ0v) is 17.3. The van der Waals surface area contributed by atoms with Gasteiger partial charge in [0.1, 0.15) is 5.41 Å². The molecule has 4 rings (SSSR count). The summed E-state index contributed by atoms with van der Waals surface area (Å²) >= 11 is 0. The van der Waals surface area contributed by atoms with E-state index in [1.54, 1.807) is 23.2 Å². The molecule has 1 aliphatic rings. The molecule has 0 radical (unpaired) electrons. The Morgan fingerprint density at radius 2 is 1.84 bits per heavy atom. The van der Waals surface area contributed by atoms with Crippen LogP contribution in [0.15, 0.2) is 66.9 Å². The molecule has 1 aromatic heterocycles. The number of hydrogen-bond acceptors (Lipinski definition) is 4. The van der Waals surface area contributed by atoms with Crippen molar-refractivity contribution in [2.24, 2.45) is 5.41 Å². The van der Waals surface area contributed by atoms with Crippen LogP contribution >= 0.6 is 0 Å². The number of nitrogens with zero attached hydrogens (tertiary/aromatic N) is 2. The molecule has 0 aliphatic carbocycles. The Labute approximate surface area is 181 Å². The highest BCUT2D eigenvalue weighted by molar-refractivity contribution is 6.05. The van der Waals surface area contributed by atoms with E-state index in [4.69, 9.17) is 0 Å². The summed E-state index contributed by atoms with van der Waals surface area (Å²) in [6, 6.07) is 19.0. The monoisotopic (exact) mass is 418 g/mol. The first-order valence-corrected chi connectivity index (χ1v) is 10.6. The number of likely N-dealkylation sites (tertiary alicyclic amines) is 1. The minimum Gasteiger partial charge on any atom is -0.481 e. The lowest BCUT2D eigenvalue weighted by atomic mass is 9.73. The van der Waals surface area contributed by atoms with Crippen LogP contribution in [0.25, 0.3) is 10.9 Å². The number of carboxylic acid groups (broad SMARTS) is 1. The average Bonchev–Trinajstić information content (AvgIpc) is 2.80. The standard InChI is InChI=1S/C25H26N2O4/c28-21-13-16-27(23(29)20-12-4-10-19-11-6-15-26-22(19)20)17-25(21,24(30)31)14-5-9-18-7-2-1-3-8-18/h1-4,6-8,10-12,15,21,28H,5,9,13-14,16-17H2,(H,30,31)/t21-,25+/m0/s1. The fourth-order valence-electron chi connectivity index (χ4n) is 4.52. The second-order valence-corrected chi connectivity index (χ2v) is 8.21. The van der Waals surface area contributed by atoms with Crippen LogP contribution < -0.4 is 0 Å². The van der Waals surface area contributed by atoms with Gasteiger partial charge in [0, 0.05) is 24.7 Å². The lowest BCUT2D eigenvalue weighted by Gasteiger charge is -2.43. The maximum Gasteiger partial charge on any atom is 0.314 e. The number of para-hydroxylation sites is 1. The van der Waals surface area contributed by atoms with Gasteiger partial charge in [0.25, 0.3) is 5.91 Å². The maximum atomic E-state index is 13.3. The van der Waals surface area contributed by atoms with Gasteiger partial charge in [-0.2, -0.15) is 0 Å². The van der Waals surface area contributed by atoms with E-state index in [-0.39, 0.29) is 18.9 Å². The van der Waals surface area contributed by atoms with Crippen molar-refractivity contribution in [1.29, 1.82) is 0 Å². The number of rotatable bonds is 6. The highest BCUT2D eigenvalue weighted by atomic mass is 16.4. The average molecular weight is 418 g/mol. The highest BCUT2D eigenvalue weighted by Crippen LogP contribution is 2.37. The minimum absolute atomic E-state index is 0.0135. The van der Waals surface area contributed by atoms with Crippen LogP contribution in [0, 0.1) is 5.41 Å². The molecule has 0 spiro atoms. The molecule has 6 heteroatoms. The predicted molar refractivity (Wildman–Crippen MR) is 118 cm³/mol. The van der Waals surface area contributed by atoms with Crippen molar-refractivity contribution in [3.8, 4) is 0 Å². The molecule has 1 saturated heterocycles. The lowest BCUT2D eigenvalue weighted by molar-refractivity contribution is -0.162. The normalized spacial score (nSPS) is 21.2. The predicted octanol–water partition coefficient (Wildman–Crippen LogP) is 3.54. The van der Waals surface area contributed by atoms with Gasteiger partial charge in [-0.05, 0) is 43.4 Å². The van der Waals surface area contributed by atoms with Crippen LogP contribution in [0.4, 0.5) is 0 Å². The number of piperidine rings is 1. The van der Waals surface area contributed by atoms with E-state index in [2.05, 4.69) is 4.98 Å². The van der Waals surface area contributed by atoms with Crippen molar-refractivity contribution in [3.05, 3.63) is 78.0 Å². The SMILES string of the molecule is O=C(c1cccc2cccnc12)N1CC[C@H](O)[C@](CCCc2ccccc2)(C(=O)O)C1. The Bertz CT molecular complexity index is 1080. The van der Waals surface area contributed by atoms with Gasteiger partial charge in [0.05, 0.1) is 17.2 Å². The molecule has 2 heterocycles. The molecule has 1 fully saturated rings. The first-order valence-electron chi connectivity index (χ1n) is 10.6. The van der Waals surface area contributed by atoms with E-state index >= 15 is 0 Å². The van der Waals surface area contributed by atoms with E-state index in [1.807, 2.05) is 48.5 Å². The third-order valence-corrected chi connectivity index (χ3v) is 6.29. The summed E-state index contributed by atoms with van der Waals surface area (Å²) in [6.45, 7) is 0.303. The third kappa shape index (κ3) is 4.16. The number of aromatic nitrogens is 1. The van der Waals surface area contributed by atoms with Crippen LogP contribution in [0.1, 0.15) is 35.2 Å². The summed E-state index contributed by atoms with van der Waals surface area (Å²) in [5, 5.41) is 21.6. The summed E-state index contributed by atoms with van der Waals surface area (Å²) in [4.78, 5) is 31.6. The number of carbonyl (C=O) groups excluding carboxylic acids is 1. The molecule has 2 N–H and O–H groups in total. The number of benzene rings is 2. The molecule has 0 saturated carbocycles. The molecule has 1 aliphatic heterocycles. The number of carbonyl (C=O) groups is 2. The molecule has 2 aromatic carbocycles. The summed E-state index contributed by atoms with van der Waals surface area (Å²) in [5.74, 6) is -1.30. The summed E-state index contributed by atoms with van der Waals surface area (Å²) in [7, 11) is 0. The van der Waals surface area contributed by atoms with Crippen molar-refractivity contribution in [2.75, 3.05) is 13.1 Å². The number of aliphatic carboxylic acids is 1. The lowest BCUT2D eigenvalue weighted by Crippen LogP contribution is -2.57. The zero-order valence-electron chi connectivity index (χ0n) is 17.3. The van der Waals surface area contributed by atoms with E-state index in [0.29, 0.717) is 30.5 Å². The van der Waals surface area contributed by atoms with Crippen LogP contribution in [0.5, 0.6) is 0 Å². The van der Waals surface area contributed by atoms with Crippen LogP contribution in [-0.2, 0) is 11.2 Å². The molecule has 2 atom stereocenters. The molecule has 160 valence electrons. The Kier molecular flexibility index (Phi) is 6.00. The number of hydrogen-bond donors (Lipinski definition) is 2. The Hall–Kier alpha value is -3.25. The van der Waals surface area contributed by atoms with Gasteiger partial charge in [-0.1, -0.05) is 48.5 Å². The molecular weight excluding hydrogens is 392 g/mol. The van der Waals surface area contributed by atoms with E-state index in [1.165, 1.54) is 0 Å². The van der Waals surface area contributed by atoms with Gasteiger partial charge in [0.2, 0.25) is 0 Å². The number of aliphatic hydroxyl groups excluding tert-OH is 1. The van der Waals surface area contributed by atoms with Gasteiger partial charge in [-0.3, -0.25) is 14.6 Å². The number of carboxylic acids is 1. The second-order valence-electron chi connectivity index (χ2n) is 8.21. The largest absolute Gasteiger partial charge is 0.481 e. The Morgan fingerprint density at radius 1 is 1.06 bits per heavy atom. The summed E-state index contributed by atoms with van der Waals surface area (Å²) in [5.41, 5.74) is 0.813. The molecule has 31 heavy (non-hydrogen) atoms. The Balaban J connectivity index is 1.56. The first kappa shape index (κ1) is 21.0. The smallest absolute Gasteiger partial charge is 0.314 e. The van der Waals surface area contributed by atoms with Crippen LogP contribution in [0.3, 0.4) is 0 Å². The third-order valence-electron chi connectivity index (χ3n) is 6.29. The number of aliphatic hydroxyl groups is 1. The summed E-state index contributed by atoms with van der Waals surface area (Å²) < 4.78 is 0. The number of fused-ring (bicyclic) bond motifs is 1. The fourth-order valence-corrected chi connectivity index (χ4v) is 4.52. The van der Waals surface area contributed by atoms with Crippen molar-refractivity contribution in [2.45, 2.75) is 31.8 Å². The highest BCUT2D eigenvalue weighted by Gasteiger charge is 2.49. The van der Waals surface area contributed by atoms with Crippen molar-refractivity contribution < 1.29 is 19.8 Å². The topological polar surface area (TPSA) is 90.7 Å². The van der Waals surface area contributed by atoms with Crippen molar-refractivity contribution >= 4 is 22.8 Å². The van der Waals surface area contributed by atoms with Gasteiger partial charge in [-0.15, -0.1) is 0 Å². The molecular formula is C25H26N2O4. The second kappa shape index (κ2) is 8.86. The van der Waals surface area contributed by atoms with Gasteiger partial charge in [0.15, 0.2) is 0 Å². The first-order chi connectivity index (χ1) is 15.0. The van der Waals surface area contributed by atoms with E-state index in [9.17, 15) is 19.8 Å². The molecule has 3 aromatic rings. The summed E-state index contributed by atoms with van der Waals surface area (Å²) in [6.07, 6.45) is 2.53. The quantitative estimate of drug-likeness (QED) is 0.639. The number of pyridine rings is 1. The van der Waals surface area contributed by atoms with E-state index < -0.39 is 17.5 Å². The maximum absolute atomic E-state index is 13.3. The molecule has 6 nitrogen and oxygen atoms in total. The molecule has 1 amide bonds. The number of amides is 1. The molecule has 0 bridgehead atoms.